The Labute approximate surface area is 150 Å². The lowest BCUT2D eigenvalue weighted by Crippen LogP contribution is -2.19. The second kappa shape index (κ2) is 7.61. The third-order valence-corrected chi connectivity index (χ3v) is 4.86. The lowest BCUT2D eigenvalue weighted by molar-refractivity contribution is -0.137. The fourth-order valence-electron chi connectivity index (χ4n) is 2.79. The van der Waals surface area contributed by atoms with E-state index in [0.29, 0.717) is 18.7 Å². The molecule has 1 atom stereocenters. The van der Waals surface area contributed by atoms with Gasteiger partial charge in [0.1, 0.15) is 5.82 Å². The van der Waals surface area contributed by atoms with E-state index in [9.17, 15) is 9.18 Å². The van der Waals surface area contributed by atoms with Crippen LogP contribution in [0.1, 0.15) is 36.8 Å². The number of carbonyl (C=O) groups excluding carboxylic acids is 1. The van der Waals surface area contributed by atoms with Crippen molar-refractivity contribution in [2.75, 3.05) is 6.61 Å². The molecule has 2 heterocycles. The molecule has 1 aliphatic rings. The molecule has 0 amide bonds. The lowest BCUT2D eigenvalue weighted by Gasteiger charge is -2.24. The average molecular weight is 358 g/mol. The summed E-state index contributed by atoms with van der Waals surface area (Å²) in [5.41, 5.74) is 2.61. The van der Waals surface area contributed by atoms with Crippen LogP contribution in [0.5, 0.6) is 0 Å². The molecular formula is C19H19FN2O2S. The molecule has 3 rings (SSSR count). The lowest BCUT2D eigenvalue weighted by atomic mass is 10.0. The molecule has 1 aliphatic heterocycles. The normalized spacial score (nSPS) is 17.6. The maximum atomic E-state index is 13.3. The third-order valence-electron chi connectivity index (χ3n) is 3.95. The number of ether oxygens (including phenoxy) is 1. The van der Waals surface area contributed by atoms with Crippen LogP contribution < -0.4 is 0 Å². The van der Waals surface area contributed by atoms with Crippen LogP contribution in [0.15, 0.2) is 58.7 Å². The maximum Gasteiger partial charge on any atom is 0.332 e. The summed E-state index contributed by atoms with van der Waals surface area (Å²) in [6.07, 6.45) is 2.14. The number of rotatable bonds is 5. The number of hydrogen-bond acceptors (Lipinski definition) is 5. The molecule has 6 heteroatoms. The van der Waals surface area contributed by atoms with E-state index in [1.54, 1.807) is 30.4 Å². The number of thiophene rings is 1. The number of esters is 1. The zero-order valence-electron chi connectivity index (χ0n) is 14.1. The van der Waals surface area contributed by atoms with Gasteiger partial charge >= 0.3 is 5.97 Å². The number of carbonyl (C=O) groups is 1. The first-order chi connectivity index (χ1) is 12.1. The van der Waals surface area contributed by atoms with Gasteiger partial charge in [-0.05, 0) is 43.0 Å². The fourth-order valence-corrected chi connectivity index (χ4v) is 3.51. The molecule has 0 bridgehead atoms. The molecular weight excluding hydrogens is 339 g/mol. The summed E-state index contributed by atoms with van der Waals surface area (Å²) in [6, 6.07) is 10.3. The van der Waals surface area contributed by atoms with Crippen molar-refractivity contribution in [3.63, 3.8) is 0 Å². The van der Waals surface area contributed by atoms with Gasteiger partial charge < -0.3 is 4.74 Å². The molecule has 1 unspecified atom stereocenters. The third kappa shape index (κ3) is 3.96. The average Bonchev–Trinajstić information content (AvgIpc) is 3.25. The van der Waals surface area contributed by atoms with Crippen LogP contribution in [0, 0.1) is 5.82 Å². The number of nitrogens with zero attached hydrogens (tertiary/aromatic N) is 2. The van der Waals surface area contributed by atoms with E-state index >= 15 is 0 Å². The van der Waals surface area contributed by atoms with Gasteiger partial charge in [-0.25, -0.2) is 9.18 Å². The molecule has 1 aromatic carbocycles. The quantitative estimate of drug-likeness (QED) is 0.583. The van der Waals surface area contributed by atoms with Crippen molar-refractivity contribution in [2.45, 2.75) is 26.3 Å². The van der Waals surface area contributed by atoms with Crippen LogP contribution in [0.4, 0.5) is 4.39 Å². The van der Waals surface area contributed by atoms with Crippen molar-refractivity contribution in [2.24, 2.45) is 5.10 Å². The molecule has 0 saturated carbocycles. The van der Waals surface area contributed by atoms with Gasteiger partial charge in [-0.15, -0.1) is 11.3 Å². The molecule has 0 fully saturated rings. The summed E-state index contributed by atoms with van der Waals surface area (Å²) in [5.74, 6) is -0.663. The Morgan fingerprint density at radius 1 is 1.40 bits per heavy atom. The number of allylic oxidation sites excluding steroid dienone is 1. The molecule has 0 saturated heterocycles. The standard InChI is InChI=1S/C19H19FN2O2S/c1-3-24-19(23)11-13(2)22-17(14-6-8-15(20)9-7-14)12-16(21-22)18-5-4-10-25-18/h4-11,17H,3,12H2,1-2H3/b13-11+. The van der Waals surface area contributed by atoms with Crippen molar-refractivity contribution in [1.82, 2.24) is 5.01 Å². The Bertz CT molecular complexity index is 797. The highest BCUT2D eigenvalue weighted by Crippen LogP contribution is 2.36. The molecule has 25 heavy (non-hydrogen) atoms. The Morgan fingerprint density at radius 3 is 2.80 bits per heavy atom. The topological polar surface area (TPSA) is 41.9 Å². The highest BCUT2D eigenvalue weighted by molar-refractivity contribution is 7.12. The maximum absolute atomic E-state index is 13.3. The summed E-state index contributed by atoms with van der Waals surface area (Å²) >= 11 is 1.63. The van der Waals surface area contributed by atoms with Gasteiger partial charge in [0.05, 0.1) is 23.2 Å². The molecule has 130 valence electrons. The number of hydrogen-bond donors (Lipinski definition) is 0. The molecule has 1 aromatic heterocycles. The summed E-state index contributed by atoms with van der Waals surface area (Å²) in [4.78, 5) is 12.9. The Kier molecular flexibility index (Phi) is 5.28. The molecule has 0 radical (unpaired) electrons. The van der Waals surface area contributed by atoms with Crippen LogP contribution in [0.25, 0.3) is 0 Å². The highest BCUT2D eigenvalue weighted by atomic mass is 32.1. The SMILES string of the molecule is CCOC(=O)/C=C(\C)N1N=C(c2cccs2)CC1c1ccc(F)cc1. The second-order valence-electron chi connectivity index (χ2n) is 5.68. The number of hydrazone groups is 1. The molecule has 0 N–H and O–H groups in total. The van der Waals surface area contributed by atoms with Crippen molar-refractivity contribution in [3.8, 4) is 0 Å². The first-order valence-corrected chi connectivity index (χ1v) is 8.97. The van der Waals surface area contributed by atoms with Crippen LogP contribution >= 0.6 is 11.3 Å². The van der Waals surface area contributed by atoms with Crippen LogP contribution in [-0.4, -0.2) is 23.3 Å². The minimum Gasteiger partial charge on any atom is -0.463 e. The summed E-state index contributed by atoms with van der Waals surface area (Å²) in [5, 5.41) is 8.54. The van der Waals surface area contributed by atoms with Crippen molar-refractivity contribution in [1.29, 1.82) is 0 Å². The van der Waals surface area contributed by atoms with Crippen molar-refractivity contribution >= 4 is 23.0 Å². The first kappa shape index (κ1) is 17.4. The molecule has 0 aliphatic carbocycles. The Morgan fingerprint density at radius 2 is 2.16 bits per heavy atom. The zero-order chi connectivity index (χ0) is 17.8. The Hall–Kier alpha value is -2.47. The minimum atomic E-state index is -0.391. The van der Waals surface area contributed by atoms with Crippen LogP contribution in [0.3, 0.4) is 0 Å². The van der Waals surface area contributed by atoms with Gasteiger partial charge in [-0.1, -0.05) is 18.2 Å². The minimum absolute atomic E-state index is 0.0802. The molecule has 4 nitrogen and oxygen atoms in total. The van der Waals surface area contributed by atoms with E-state index in [1.807, 2.05) is 29.4 Å². The highest BCUT2D eigenvalue weighted by Gasteiger charge is 2.30. The van der Waals surface area contributed by atoms with E-state index < -0.39 is 5.97 Å². The van der Waals surface area contributed by atoms with Gasteiger partial charge in [0.25, 0.3) is 0 Å². The van der Waals surface area contributed by atoms with Crippen molar-refractivity contribution in [3.05, 3.63) is 69.8 Å². The van der Waals surface area contributed by atoms with Gasteiger partial charge in [-0.2, -0.15) is 5.10 Å². The summed E-state index contributed by atoms with van der Waals surface area (Å²) < 4.78 is 18.3. The summed E-state index contributed by atoms with van der Waals surface area (Å²) in [6.45, 7) is 3.92. The molecule has 0 spiro atoms. The van der Waals surface area contributed by atoms with Gasteiger partial charge in [-0.3, -0.25) is 5.01 Å². The zero-order valence-corrected chi connectivity index (χ0v) is 14.9. The predicted molar refractivity (Wildman–Crippen MR) is 96.8 cm³/mol. The van der Waals surface area contributed by atoms with E-state index in [4.69, 9.17) is 9.84 Å². The monoisotopic (exact) mass is 358 g/mol. The second-order valence-corrected chi connectivity index (χ2v) is 6.63. The van der Waals surface area contributed by atoms with Gasteiger partial charge in [0.15, 0.2) is 0 Å². The van der Waals surface area contributed by atoms with E-state index in [2.05, 4.69) is 0 Å². The van der Waals surface area contributed by atoms with Gasteiger partial charge in [0.2, 0.25) is 0 Å². The smallest absolute Gasteiger partial charge is 0.332 e. The first-order valence-electron chi connectivity index (χ1n) is 8.09. The Balaban J connectivity index is 1.93. The van der Waals surface area contributed by atoms with Crippen LogP contribution in [0.2, 0.25) is 0 Å². The largest absolute Gasteiger partial charge is 0.463 e. The van der Waals surface area contributed by atoms with E-state index in [0.717, 1.165) is 16.2 Å². The number of benzene rings is 1. The fraction of sp³-hybridized carbons (Fsp3) is 0.263. The predicted octanol–water partition coefficient (Wildman–Crippen LogP) is 4.51. The van der Waals surface area contributed by atoms with E-state index in [1.165, 1.54) is 18.2 Å². The van der Waals surface area contributed by atoms with Crippen LogP contribution in [-0.2, 0) is 9.53 Å². The summed E-state index contributed by atoms with van der Waals surface area (Å²) in [7, 11) is 0. The van der Waals surface area contributed by atoms with Crippen molar-refractivity contribution < 1.29 is 13.9 Å². The van der Waals surface area contributed by atoms with Gasteiger partial charge in [0, 0.05) is 18.2 Å². The van der Waals surface area contributed by atoms with E-state index in [-0.39, 0.29) is 11.9 Å². The molecule has 2 aromatic rings. The number of halogens is 1.